The second-order valence-electron chi connectivity index (χ2n) is 1.84. The quantitative estimate of drug-likeness (QED) is 0.685. The molecule has 0 aliphatic rings. The summed E-state index contributed by atoms with van der Waals surface area (Å²) in [6.07, 6.45) is 0. The van der Waals surface area contributed by atoms with Crippen molar-refractivity contribution in [3.05, 3.63) is 30.3 Å². The molecule has 0 radical (unpaired) electrons. The Bertz CT molecular complexity index is 237. The van der Waals surface area contributed by atoms with E-state index in [1.54, 1.807) is 19.2 Å². The van der Waals surface area contributed by atoms with Crippen molar-refractivity contribution in [3.63, 3.8) is 0 Å². The number of hydrogen-bond donors (Lipinski definition) is 1. The van der Waals surface area contributed by atoms with E-state index in [-0.39, 0.29) is 0 Å². The van der Waals surface area contributed by atoms with Gasteiger partial charge in [-0.2, -0.15) is 9.76 Å². The first kappa shape index (κ1) is 8.39. The van der Waals surface area contributed by atoms with E-state index in [9.17, 15) is 4.21 Å². The number of rotatable bonds is 3. The highest BCUT2D eigenvalue weighted by molar-refractivity contribution is 7.80. The highest BCUT2D eigenvalue weighted by atomic mass is 32.2. The molecule has 1 N–H and O–H groups in total. The van der Waals surface area contributed by atoms with Gasteiger partial charge in [0.05, 0.1) is 4.90 Å². The first-order valence-corrected chi connectivity index (χ1v) is 4.23. The van der Waals surface area contributed by atoms with Crippen LogP contribution in [-0.2, 0) is 15.4 Å². The van der Waals surface area contributed by atoms with Gasteiger partial charge in [-0.1, -0.05) is 18.2 Å². The fourth-order valence-corrected chi connectivity index (χ4v) is 1.28. The van der Waals surface area contributed by atoms with Gasteiger partial charge in [-0.15, -0.1) is 0 Å². The molecule has 1 unspecified atom stereocenters. The Kier molecular flexibility index (Phi) is 3.22. The molecule has 1 aromatic carbocycles. The zero-order valence-corrected chi connectivity index (χ0v) is 6.93. The standard InChI is InChI=1S/C7H9NO2S/c1-8-10-11(9)7-5-3-2-4-6-7/h2-6,8H,1H3. The molecule has 3 nitrogen and oxygen atoms in total. The molecule has 0 amide bonds. The lowest BCUT2D eigenvalue weighted by molar-refractivity contribution is 0.252. The third-order valence-corrected chi connectivity index (χ3v) is 2.07. The average molecular weight is 171 g/mol. The molecule has 1 atom stereocenters. The molecule has 1 rings (SSSR count). The van der Waals surface area contributed by atoms with Gasteiger partial charge in [-0.3, -0.25) is 0 Å². The maximum absolute atomic E-state index is 11.1. The highest BCUT2D eigenvalue weighted by Crippen LogP contribution is 2.04. The summed E-state index contributed by atoms with van der Waals surface area (Å²) in [5, 5.41) is 0. The summed E-state index contributed by atoms with van der Waals surface area (Å²) in [6, 6.07) is 8.97. The van der Waals surface area contributed by atoms with Crippen LogP contribution in [0.2, 0.25) is 0 Å². The molecule has 0 aliphatic heterocycles. The van der Waals surface area contributed by atoms with Gasteiger partial charge < -0.3 is 0 Å². The largest absolute Gasteiger partial charge is 0.223 e. The van der Waals surface area contributed by atoms with Crippen LogP contribution in [0.25, 0.3) is 0 Å². The van der Waals surface area contributed by atoms with Crippen LogP contribution in [0.3, 0.4) is 0 Å². The summed E-state index contributed by atoms with van der Waals surface area (Å²) in [5.41, 5.74) is 2.37. The van der Waals surface area contributed by atoms with Gasteiger partial charge >= 0.3 is 0 Å². The lowest BCUT2D eigenvalue weighted by Gasteiger charge is -1.98. The average Bonchev–Trinajstić information content (AvgIpc) is 2.07. The molecule has 4 heteroatoms. The summed E-state index contributed by atoms with van der Waals surface area (Å²) in [6.45, 7) is 0. The van der Waals surface area contributed by atoms with Gasteiger partial charge in [0.1, 0.15) is 0 Å². The first-order valence-electron chi connectivity index (χ1n) is 3.15. The lowest BCUT2D eigenvalue weighted by Crippen LogP contribution is -2.09. The molecular weight excluding hydrogens is 162 g/mol. The predicted octanol–water partition coefficient (Wildman–Crippen LogP) is 0.860. The van der Waals surface area contributed by atoms with Crippen LogP contribution < -0.4 is 5.48 Å². The minimum absolute atomic E-state index is 0.654. The van der Waals surface area contributed by atoms with Crippen LogP contribution >= 0.6 is 0 Å². The van der Waals surface area contributed by atoms with Gasteiger partial charge in [-0.05, 0) is 12.1 Å². The fourth-order valence-electron chi connectivity index (χ4n) is 0.655. The number of nitrogens with one attached hydrogen (secondary N) is 1. The van der Waals surface area contributed by atoms with Gasteiger partial charge in [0.25, 0.3) is 0 Å². The number of hydroxylamine groups is 1. The molecule has 0 spiro atoms. The molecule has 0 bridgehead atoms. The Morgan fingerprint density at radius 1 is 1.36 bits per heavy atom. The van der Waals surface area contributed by atoms with Crippen molar-refractivity contribution in [3.8, 4) is 0 Å². The molecule has 60 valence electrons. The molecule has 0 fully saturated rings. The van der Waals surface area contributed by atoms with E-state index in [1.807, 2.05) is 18.2 Å². The molecule has 0 saturated carbocycles. The van der Waals surface area contributed by atoms with E-state index in [2.05, 4.69) is 9.76 Å². The molecule has 0 saturated heterocycles. The Morgan fingerprint density at radius 3 is 2.55 bits per heavy atom. The van der Waals surface area contributed by atoms with Crippen molar-refractivity contribution >= 4 is 11.1 Å². The molecule has 0 heterocycles. The topological polar surface area (TPSA) is 38.3 Å². The van der Waals surface area contributed by atoms with Gasteiger partial charge in [0.15, 0.2) is 0 Å². The molecule has 0 aliphatic carbocycles. The van der Waals surface area contributed by atoms with Crippen molar-refractivity contribution in [1.29, 1.82) is 0 Å². The van der Waals surface area contributed by atoms with E-state index in [0.29, 0.717) is 4.90 Å². The van der Waals surface area contributed by atoms with Gasteiger partial charge in [0, 0.05) is 7.05 Å². The Hall–Kier alpha value is -0.710. The predicted molar refractivity (Wildman–Crippen MR) is 43.0 cm³/mol. The Morgan fingerprint density at radius 2 is 2.00 bits per heavy atom. The minimum atomic E-state index is -1.39. The zero-order valence-electron chi connectivity index (χ0n) is 6.11. The minimum Gasteiger partial charge on any atom is -0.223 e. The monoisotopic (exact) mass is 171 g/mol. The second-order valence-corrected chi connectivity index (χ2v) is 2.94. The molecule has 11 heavy (non-hydrogen) atoms. The Labute approximate surface area is 68.0 Å². The van der Waals surface area contributed by atoms with Crippen molar-refractivity contribution in [2.75, 3.05) is 7.05 Å². The maximum Gasteiger partial charge on any atom is 0.206 e. The normalized spacial score (nSPS) is 12.8. The van der Waals surface area contributed by atoms with E-state index in [4.69, 9.17) is 0 Å². The summed E-state index contributed by atoms with van der Waals surface area (Å²) < 4.78 is 15.7. The summed E-state index contributed by atoms with van der Waals surface area (Å²) in [4.78, 5) is 0.654. The Balaban J connectivity index is 2.69. The zero-order chi connectivity index (χ0) is 8.10. The highest BCUT2D eigenvalue weighted by Gasteiger charge is 2.00. The lowest BCUT2D eigenvalue weighted by atomic mass is 10.4. The smallest absolute Gasteiger partial charge is 0.206 e. The molecule has 1 aromatic rings. The third kappa shape index (κ3) is 2.42. The summed E-state index contributed by atoms with van der Waals surface area (Å²) in [7, 11) is 1.57. The van der Waals surface area contributed by atoms with Crippen LogP contribution in [0.15, 0.2) is 35.2 Å². The first-order chi connectivity index (χ1) is 5.34. The van der Waals surface area contributed by atoms with Gasteiger partial charge in [0.2, 0.25) is 11.1 Å². The van der Waals surface area contributed by atoms with Gasteiger partial charge in [-0.25, -0.2) is 4.21 Å². The fraction of sp³-hybridized carbons (Fsp3) is 0.143. The van der Waals surface area contributed by atoms with E-state index in [0.717, 1.165) is 0 Å². The van der Waals surface area contributed by atoms with Crippen molar-refractivity contribution in [2.24, 2.45) is 0 Å². The van der Waals surface area contributed by atoms with Crippen molar-refractivity contribution in [1.82, 2.24) is 5.48 Å². The van der Waals surface area contributed by atoms with Crippen LogP contribution in [-0.4, -0.2) is 11.3 Å². The summed E-state index contributed by atoms with van der Waals surface area (Å²) >= 11 is -1.39. The van der Waals surface area contributed by atoms with Crippen LogP contribution in [0.5, 0.6) is 0 Å². The number of hydrogen-bond acceptors (Lipinski definition) is 3. The van der Waals surface area contributed by atoms with E-state index < -0.39 is 11.1 Å². The maximum atomic E-state index is 11.1. The van der Waals surface area contributed by atoms with Crippen LogP contribution in [0, 0.1) is 0 Å². The molecular formula is C7H9NO2S. The van der Waals surface area contributed by atoms with E-state index in [1.165, 1.54) is 0 Å². The van der Waals surface area contributed by atoms with Crippen molar-refractivity contribution in [2.45, 2.75) is 4.90 Å². The van der Waals surface area contributed by atoms with Crippen molar-refractivity contribution < 1.29 is 8.49 Å². The number of benzene rings is 1. The summed E-state index contributed by atoms with van der Waals surface area (Å²) in [5.74, 6) is 0. The SMILES string of the molecule is CNOS(=O)c1ccccc1. The van der Waals surface area contributed by atoms with Crippen LogP contribution in [0.1, 0.15) is 0 Å². The van der Waals surface area contributed by atoms with Crippen LogP contribution in [0.4, 0.5) is 0 Å². The van der Waals surface area contributed by atoms with E-state index >= 15 is 0 Å². The molecule has 0 aromatic heterocycles. The second kappa shape index (κ2) is 4.23. The third-order valence-electron chi connectivity index (χ3n) is 1.09.